The zero-order valence-electron chi connectivity index (χ0n) is 17.0. The Labute approximate surface area is 184 Å². The van der Waals surface area contributed by atoms with Crippen LogP contribution < -0.4 is 19.6 Å². The molecule has 0 saturated heterocycles. The summed E-state index contributed by atoms with van der Waals surface area (Å²) in [6.07, 6.45) is 1.36. The Balaban J connectivity index is 1.68. The first-order valence-corrected chi connectivity index (χ1v) is 10.3. The topological polar surface area (TPSA) is 69.2 Å². The van der Waals surface area contributed by atoms with Gasteiger partial charge < -0.3 is 14.2 Å². The Bertz CT molecular complexity index is 1070. The number of rotatable bonds is 8. The van der Waals surface area contributed by atoms with Crippen molar-refractivity contribution in [2.45, 2.75) is 19.4 Å². The van der Waals surface area contributed by atoms with Crippen LogP contribution in [0.15, 0.2) is 64.2 Å². The Kier molecular flexibility index (Phi) is 7.30. The number of carbonyl (C=O) groups is 1. The van der Waals surface area contributed by atoms with Crippen LogP contribution in [0, 0.1) is 0 Å². The quantitative estimate of drug-likeness (QED) is 0.374. The van der Waals surface area contributed by atoms with Gasteiger partial charge in [-0.25, -0.2) is 5.43 Å². The van der Waals surface area contributed by atoms with Crippen LogP contribution in [0.5, 0.6) is 17.2 Å². The van der Waals surface area contributed by atoms with E-state index in [1.54, 1.807) is 32.6 Å². The Morgan fingerprint density at radius 2 is 1.80 bits per heavy atom. The van der Waals surface area contributed by atoms with Crippen molar-refractivity contribution in [1.82, 2.24) is 5.43 Å². The van der Waals surface area contributed by atoms with E-state index < -0.39 is 6.10 Å². The Morgan fingerprint density at radius 3 is 2.53 bits per heavy atom. The van der Waals surface area contributed by atoms with Crippen molar-refractivity contribution in [3.8, 4) is 17.2 Å². The van der Waals surface area contributed by atoms with Gasteiger partial charge in [-0.3, -0.25) is 4.79 Å². The minimum Gasteiger partial charge on any atom is -0.493 e. The van der Waals surface area contributed by atoms with E-state index in [1.807, 2.05) is 49.4 Å². The van der Waals surface area contributed by atoms with Gasteiger partial charge in [0.05, 0.1) is 24.9 Å². The molecule has 1 atom stereocenters. The van der Waals surface area contributed by atoms with Gasteiger partial charge in [0.1, 0.15) is 5.75 Å². The lowest BCUT2D eigenvalue weighted by atomic mass is 10.1. The molecule has 1 unspecified atom stereocenters. The number of amides is 1. The molecule has 0 aliphatic heterocycles. The van der Waals surface area contributed by atoms with Crippen molar-refractivity contribution >= 4 is 38.8 Å². The van der Waals surface area contributed by atoms with Gasteiger partial charge in [-0.15, -0.1) is 0 Å². The van der Waals surface area contributed by atoms with Crippen LogP contribution in [0.1, 0.15) is 18.9 Å². The first-order valence-electron chi connectivity index (χ1n) is 9.46. The molecule has 156 valence electrons. The number of benzene rings is 3. The summed E-state index contributed by atoms with van der Waals surface area (Å²) in [6, 6.07) is 17.2. The van der Waals surface area contributed by atoms with Crippen LogP contribution in [-0.4, -0.2) is 32.4 Å². The molecule has 0 bridgehead atoms. The van der Waals surface area contributed by atoms with Crippen molar-refractivity contribution in [1.29, 1.82) is 0 Å². The number of hydrogen-bond acceptors (Lipinski definition) is 5. The molecular weight excluding hydrogens is 448 g/mol. The molecule has 0 radical (unpaired) electrons. The van der Waals surface area contributed by atoms with E-state index in [-0.39, 0.29) is 5.91 Å². The van der Waals surface area contributed by atoms with Crippen LogP contribution in [-0.2, 0) is 4.79 Å². The first-order chi connectivity index (χ1) is 14.6. The number of hydrogen-bond donors (Lipinski definition) is 1. The largest absolute Gasteiger partial charge is 0.493 e. The third-order valence-electron chi connectivity index (χ3n) is 4.56. The maximum atomic E-state index is 12.6. The fraction of sp³-hybridized carbons (Fsp3) is 0.217. The lowest BCUT2D eigenvalue weighted by molar-refractivity contribution is -0.128. The van der Waals surface area contributed by atoms with Crippen molar-refractivity contribution in [2.75, 3.05) is 14.2 Å². The summed E-state index contributed by atoms with van der Waals surface area (Å²) in [5.74, 6) is 1.50. The van der Waals surface area contributed by atoms with Crippen LogP contribution in [0.2, 0.25) is 0 Å². The summed E-state index contributed by atoms with van der Waals surface area (Å²) in [6.45, 7) is 1.89. The standard InChI is InChI=1S/C23H23BrN2O4/c1-4-18(30-20-12-10-16-7-5-6-8-17(16)22(20)24)23(27)26-25-14-15-9-11-19(28-2)21(13-15)29-3/h5-14,18H,4H2,1-3H3,(H,26,27). The molecule has 3 aromatic carbocycles. The minimum absolute atomic E-state index is 0.325. The molecule has 3 rings (SSSR count). The molecule has 0 aliphatic carbocycles. The lowest BCUT2D eigenvalue weighted by Crippen LogP contribution is -2.35. The van der Waals surface area contributed by atoms with E-state index in [4.69, 9.17) is 14.2 Å². The normalized spacial score (nSPS) is 12.0. The number of hydrazone groups is 1. The summed E-state index contributed by atoms with van der Waals surface area (Å²) >= 11 is 3.59. The smallest absolute Gasteiger partial charge is 0.281 e. The molecule has 0 saturated carbocycles. The highest BCUT2D eigenvalue weighted by atomic mass is 79.9. The molecular formula is C23H23BrN2O4. The summed E-state index contributed by atoms with van der Waals surface area (Å²) in [5.41, 5.74) is 3.31. The zero-order chi connectivity index (χ0) is 21.5. The number of nitrogens with one attached hydrogen (secondary N) is 1. The number of carbonyl (C=O) groups excluding carboxylic acids is 1. The predicted molar refractivity (Wildman–Crippen MR) is 122 cm³/mol. The minimum atomic E-state index is -0.676. The second-order valence-corrected chi connectivity index (χ2v) is 7.26. The second-order valence-electron chi connectivity index (χ2n) is 6.46. The molecule has 6 nitrogen and oxygen atoms in total. The SMILES string of the molecule is CCC(Oc1ccc2ccccc2c1Br)C(=O)NN=Cc1ccc(OC)c(OC)c1. The fourth-order valence-corrected chi connectivity index (χ4v) is 3.54. The highest BCUT2D eigenvalue weighted by Crippen LogP contribution is 2.34. The van der Waals surface area contributed by atoms with Gasteiger partial charge >= 0.3 is 0 Å². The summed E-state index contributed by atoms with van der Waals surface area (Å²) < 4.78 is 17.3. The molecule has 3 aromatic rings. The van der Waals surface area contributed by atoms with E-state index in [0.717, 1.165) is 20.8 Å². The molecule has 0 heterocycles. The van der Waals surface area contributed by atoms with E-state index in [1.165, 1.54) is 0 Å². The van der Waals surface area contributed by atoms with Crippen LogP contribution >= 0.6 is 15.9 Å². The monoisotopic (exact) mass is 470 g/mol. The van der Waals surface area contributed by atoms with Gasteiger partial charge in [0.25, 0.3) is 5.91 Å². The van der Waals surface area contributed by atoms with Crippen LogP contribution in [0.3, 0.4) is 0 Å². The second kappa shape index (κ2) is 10.1. The van der Waals surface area contributed by atoms with Crippen LogP contribution in [0.4, 0.5) is 0 Å². The van der Waals surface area contributed by atoms with Gasteiger partial charge in [0.15, 0.2) is 17.6 Å². The lowest BCUT2D eigenvalue weighted by Gasteiger charge is -2.17. The number of nitrogens with zero attached hydrogens (tertiary/aromatic N) is 1. The van der Waals surface area contributed by atoms with Gasteiger partial charge in [-0.1, -0.05) is 37.3 Å². The number of fused-ring (bicyclic) bond motifs is 1. The average Bonchev–Trinajstić information content (AvgIpc) is 2.78. The first kappa shape index (κ1) is 21.6. The number of halogens is 1. The predicted octanol–water partition coefficient (Wildman–Crippen LogP) is 4.93. The van der Waals surface area contributed by atoms with Crippen molar-refractivity contribution in [3.05, 3.63) is 64.6 Å². The third kappa shape index (κ3) is 4.91. The highest BCUT2D eigenvalue weighted by Gasteiger charge is 2.19. The molecule has 7 heteroatoms. The maximum absolute atomic E-state index is 12.6. The molecule has 0 fully saturated rings. The van der Waals surface area contributed by atoms with Gasteiger partial charge in [0.2, 0.25) is 0 Å². The summed E-state index contributed by atoms with van der Waals surface area (Å²) in [7, 11) is 3.14. The zero-order valence-corrected chi connectivity index (χ0v) is 18.6. The average molecular weight is 471 g/mol. The summed E-state index contributed by atoms with van der Waals surface area (Å²) in [5, 5.41) is 6.16. The summed E-state index contributed by atoms with van der Waals surface area (Å²) in [4.78, 5) is 12.6. The van der Waals surface area contributed by atoms with Gasteiger partial charge in [0, 0.05) is 0 Å². The number of methoxy groups -OCH3 is 2. The fourth-order valence-electron chi connectivity index (χ4n) is 2.96. The third-order valence-corrected chi connectivity index (χ3v) is 5.37. The number of ether oxygens (including phenoxy) is 3. The molecule has 0 aliphatic rings. The van der Waals surface area contributed by atoms with Crippen molar-refractivity contribution < 1.29 is 19.0 Å². The van der Waals surface area contributed by atoms with Crippen LogP contribution in [0.25, 0.3) is 10.8 Å². The molecule has 30 heavy (non-hydrogen) atoms. The molecule has 0 spiro atoms. The highest BCUT2D eigenvalue weighted by molar-refractivity contribution is 9.10. The molecule has 1 amide bonds. The van der Waals surface area contributed by atoms with Gasteiger partial charge in [-0.2, -0.15) is 5.10 Å². The van der Waals surface area contributed by atoms with E-state index >= 15 is 0 Å². The molecule has 1 N–H and O–H groups in total. The molecule has 0 aromatic heterocycles. The van der Waals surface area contributed by atoms with E-state index in [9.17, 15) is 4.79 Å². The maximum Gasteiger partial charge on any atom is 0.281 e. The van der Waals surface area contributed by atoms with Gasteiger partial charge in [-0.05, 0) is 63.0 Å². The Morgan fingerprint density at radius 1 is 1.07 bits per heavy atom. The van der Waals surface area contributed by atoms with Crippen molar-refractivity contribution in [3.63, 3.8) is 0 Å². The Hall–Kier alpha value is -3.06. The van der Waals surface area contributed by atoms with E-state index in [0.29, 0.717) is 23.7 Å². The van der Waals surface area contributed by atoms with Crippen molar-refractivity contribution in [2.24, 2.45) is 5.10 Å². The van der Waals surface area contributed by atoms with E-state index in [2.05, 4.69) is 26.5 Å².